The van der Waals surface area contributed by atoms with Gasteiger partial charge in [0.1, 0.15) is 12.6 Å². The molecule has 134 valence electrons. The Morgan fingerprint density at radius 3 is 2.72 bits per heavy atom. The molecule has 0 heterocycles. The lowest BCUT2D eigenvalue weighted by Gasteiger charge is -2.16. The molecule has 0 aromatic heterocycles. The summed E-state index contributed by atoms with van der Waals surface area (Å²) in [5.74, 6) is 0.226. The minimum absolute atomic E-state index is 0.308. The summed E-state index contributed by atoms with van der Waals surface area (Å²) in [7, 11) is 1.56. The van der Waals surface area contributed by atoms with Gasteiger partial charge >= 0.3 is 5.97 Å². The molecule has 2 aromatic rings. The summed E-state index contributed by atoms with van der Waals surface area (Å²) in [6, 6.07) is 10.5. The first-order valence-corrected chi connectivity index (χ1v) is 8.78. The van der Waals surface area contributed by atoms with Crippen LogP contribution in [0.15, 0.2) is 40.9 Å². The van der Waals surface area contributed by atoms with Crippen molar-refractivity contribution in [2.75, 3.05) is 7.11 Å². The number of ether oxygens (including phenoxy) is 2. The van der Waals surface area contributed by atoms with Gasteiger partial charge < -0.3 is 19.9 Å². The van der Waals surface area contributed by atoms with E-state index in [4.69, 9.17) is 26.2 Å². The van der Waals surface area contributed by atoms with Crippen LogP contribution < -0.4 is 14.8 Å². The van der Waals surface area contributed by atoms with Gasteiger partial charge in [-0.05, 0) is 46.6 Å². The molecule has 25 heavy (non-hydrogen) atoms. The highest BCUT2D eigenvalue weighted by Crippen LogP contribution is 2.37. The number of nitrogens with one attached hydrogen (secondary N) is 1. The van der Waals surface area contributed by atoms with Crippen LogP contribution in [0, 0.1) is 0 Å². The molecule has 2 rings (SSSR count). The van der Waals surface area contributed by atoms with E-state index in [1.807, 2.05) is 36.4 Å². The van der Waals surface area contributed by atoms with Crippen LogP contribution in [0.1, 0.15) is 18.1 Å². The Bertz CT molecular complexity index is 754. The smallest absolute Gasteiger partial charge is 0.320 e. The number of carbonyl (C=O) groups is 1. The average Bonchev–Trinajstić information content (AvgIpc) is 2.59. The van der Waals surface area contributed by atoms with Crippen LogP contribution in [-0.4, -0.2) is 24.2 Å². The predicted octanol–water partition coefficient (Wildman–Crippen LogP) is 4.25. The molecule has 0 radical (unpaired) electrons. The molecule has 0 aliphatic carbocycles. The molecular weight excluding hydrogens is 410 g/mol. The molecule has 2 N–H and O–H groups in total. The van der Waals surface area contributed by atoms with Crippen molar-refractivity contribution in [2.45, 2.75) is 26.1 Å². The van der Waals surface area contributed by atoms with E-state index in [1.54, 1.807) is 14.0 Å². The quantitative estimate of drug-likeness (QED) is 0.658. The summed E-state index contributed by atoms with van der Waals surface area (Å²) < 4.78 is 12.0. The lowest BCUT2D eigenvalue weighted by Crippen LogP contribution is -2.33. The summed E-state index contributed by atoms with van der Waals surface area (Å²) in [6.07, 6.45) is 0. The fraction of sp³-hybridized carbons (Fsp3) is 0.278. The number of carboxylic acid groups (broad SMARTS) is 1. The van der Waals surface area contributed by atoms with Gasteiger partial charge in [-0.25, -0.2) is 0 Å². The molecule has 0 bridgehead atoms. The second-order valence-electron chi connectivity index (χ2n) is 5.43. The summed E-state index contributed by atoms with van der Waals surface area (Å²) in [5, 5.41) is 12.5. The standard InChI is InChI=1S/C18H19BrClNO4/c1-11(18(22)23)21-9-12-7-14(19)17(16(8-12)24-2)25-10-13-5-3-4-6-15(13)20/h3-8,11,21H,9-10H2,1-2H3,(H,22,23). The number of hydrogen-bond donors (Lipinski definition) is 2. The zero-order valence-corrected chi connectivity index (χ0v) is 16.2. The Kier molecular flexibility index (Phi) is 7.11. The van der Waals surface area contributed by atoms with E-state index in [0.717, 1.165) is 15.6 Å². The highest BCUT2D eigenvalue weighted by Gasteiger charge is 2.14. The van der Waals surface area contributed by atoms with Crippen LogP contribution in [0.4, 0.5) is 0 Å². The van der Waals surface area contributed by atoms with Crippen LogP contribution in [0.25, 0.3) is 0 Å². The van der Waals surface area contributed by atoms with Gasteiger partial charge in [-0.1, -0.05) is 29.8 Å². The summed E-state index contributed by atoms with van der Waals surface area (Å²) in [5.41, 5.74) is 1.75. The first kappa shape index (κ1) is 19.6. The lowest BCUT2D eigenvalue weighted by molar-refractivity contribution is -0.139. The van der Waals surface area contributed by atoms with Gasteiger partial charge in [-0.2, -0.15) is 0 Å². The number of halogens is 2. The third-order valence-electron chi connectivity index (χ3n) is 3.60. The fourth-order valence-corrected chi connectivity index (χ4v) is 2.93. The molecule has 5 nitrogen and oxygen atoms in total. The van der Waals surface area contributed by atoms with Crippen molar-refractivity contribution >= 4 is 33.5 Å². The highest BCUT2D eigenvalue weighted by molar-refractivity contribution is 9.10. The van der Waals surface area contributed by atoms with Crippen molar-refractivity contribution in [1.82, 2.24) is 5.32 Å². The van der Waals surface area contributed by atoms with Gasteiger partial charge in [-0.3, -0.25) is 4.79 Å². The molecule has 1 atom stereocenters. The first-order chi connectivity index (χ1) is 11.9. The molecule has 0 aliphatic heterocycles. The Balaban J connectivity index is 2.13. The van der Waals surface area contributed by atoms with E-state index in [-0.39, 0.29) is 0 Å². The number of methoxy groups -OCH3 is 1. The minimum atomic E-state index is -0.897. The van der Waals surface area contributed by atoms with Crippen LogP contribution in [-0.2, 0) is 17.9 Å². The Morgan fingerprint density at radius 1 is 1.36 bits per heavy atom. The van der Waals surface area contributed by atoms with E-state index in [2.05, 4.69) is 21.2 Å². The predicted molar refractivity (Wildman–Crippen MR) is 100 cm³/mol. The van der Waals surface area contributed by atoms with Crippen LogP contribution in [0.5, 0.6) is 11.5 Å². The van der Waals surface area contributed by atoms with Crippen molar-refractivity contribution in [3.05, 3.63) is 57.0 Å². The number of benzene rings is 2. The molecule has 0 aliphatic rings. The fourth-order valence-electron chi connectivity index (χ4n) is 2.14. The molecule has 0 spiro atoms. The topological polar surface area (TPSA) is 67.8 Å². The van der Waals surface area contributed by atoms with E-state index >= 15 is 0 Å². The van der Waals surface area contributed by atoms with Crippen LogP contribution in [0.2, 0.25) is 5.02 Å². The maximum Gasteiger partial charge on any atom is 0.320 e. The number of hydrogen-bond acceptors (Lipinski definition) is 4. The molecule has 0 amide bonds. The van der Waals surface area contributed by atoms with Crippen molar-refractivity contribution in [3.63, 3.8) is 0 Å². The van der Waals surface area contributed by atoms with Gasteiger partial charge in [0.15, 0.2) is 11.5 Å². The molecule has 2 aromatic carbocycles. The first-order valence-electron chi connectivity index (χ1n) is 7.61. The highest BCUT2D eigenvalue weighted by atomic mass is 79.9. The SMILES string of the molecule is COc1cc(CNC(C)C(=O)O)cc(Br)c1OCc1ccccc1Cl. The van der Waals surface area contributed by atoms with E-state index in [9.17, 15) is 4.79 Å². The lowest BCUT2D eigenvalue weighted by atomic mass is 10.2. The van der Waals surface area contributed by atoms with Gasteiger partial charge in [0.2, 0.25) is 0 Å². The van der Waals surface area contributed by atoms with Crippen molar-refractivity contribution in [1.29, 1.82) is 0 Å². The van der Waals surface area contributed by atoms with Gasteiger partial charge in [0.25, 0.3) is 0 Å². The monoisotopic (exact) mass is 427 g/mol. The summed E-state index contributed by atoms with van der Waals surface area (Å²) in [6.45, 7) is 2.30. The van der Waals surface area contributed by atoms with Crippen molar-refractivity contribution in [3.8, 4) is 11.5 Å². The van der Waals surface area contributed by atoms with E-state index in [0.29, 0.717) is 29.7 Å². The Labute approximate surface area is 160 Å². The molecule has 1 unspecified atom stereocenters. The normalized spacial score (nSPS) is 11.8. The van der Waals surface area contributed by atoms with E-state index in [1.165, 1.54) is 0 Å². The largest absolute Gasteiger partial charge is 0.493 e. The maximum atomic E-state index is 10.9. The van der Waals surface area contributed by atoms with E-state index < -0.39 is 12.0 Å². The number of carboxylic acids is 1. The van der Waals surface area contributed by atoms with Gasteiger partial charge in [0, 0.05) is 17.1 Å². The van der Waals surface area contributed by atoms with Crippen molar-refractivity contribution in [2.24, 2.45) is 0 Å². The Hall–Kier alpha value is -1.76. The third-order valence-corrected chi connectivity index (χ3v) is 4.56. The van der Waals surface area contributed by atoms with Crippen LogP contribution in [0.3, 0.4) is 0 Å². The summed E-state index contributed by atoms with van der Waals surface area (Å²) >= 11 is 9.63. The third kappa shape index (κ3) is 5.36. The molecular formula is C18H19BrClNO4. The zero-order chi connectivity index (χ0) is 18.4. The van der Waals surface area contributed by atoms with Gasteiger partial charge in [0.05, 0.1) is 11.6 Å². The molecule has 0 saturated carbocycles. The molecule has 0 fully saturated rings. The zero-order valence-electron chi connectivity index (χ0n) is 13.9. The second kappa shape index (κ2) is 9.08. The minimum Gasteiger partial charge on any atom is -0.493 e. The summed E-state index contributed by atoms with van der Waals surface area (Å²) in [4.78, 5) is 10.9. The second-order valence-corrected chi connectivity index (χ2v) is 6.69. The van der Waals surface area contributed by atoms with Gasteiger partial charge in [-0.15, -0.1) is 0 Å². The number of aliphatic carboxylic acids is 1. The Morgan fingerprint density at radius 2 is 2.08 bits per heavy atom. The van der Waals surface area contributed by atoms with Crippen molar-refractivity contribution < 1.29 is 19.4 Å². The maximum absolute atomic E-state index is 10.9. The molecule has 0 saturated heterocycles. The average molecular weight is 429 g/mol. The number of rotatable bonds is 8. The molecule has 7 heteroatoms. The van der Waals surface area contributed by atoms with Crippen LogP contribution >= 0.6 is 27.5 Å².